The van der Waals surface area contributed by atoms with Crippen molar-refractivity contribution >= 4 is 43.1 Å². The van der Waals surface area contributed by atoms with E-state index in [1.54, 1.807) is 0 Å². The summed E-state index contributed by atoms with van der Waals surface area (Å²) in [5.74, 6) is 0. The molecule has 0 heteroatoms. The number of rotatable bonds is 3. The van der Waals surface area contributed by atoms with Crippen molar-refractivity contribution in [3.63, 3.8) is 0 Å². The van der Waals surface area contributed by atoms with Crippen LogP contribution in [0.5, 0.6) is 0 Å². The first-order valence-electron chi connectivity index (χ1n) is 16.6. The van der Waals surface area contributed by atoms with E-state index in [0.717, 1.165) is 0 Å². The fourth-order valence-corrected chi connectivity index (χ4v) is 8.42. The van der Waals surface area contributed by atoms with Gasteiger partial charge in [-0.15, -0.1) is 0 Å². The zero-order valence-electron chi connectivity index (χ0n) is 26.5. The molecular weight excluding hydrogens is 565 g/mol. The molecule has 0 heterocycles. The van der Waals surface area contributed by atoms with Crippen LogP contribution in [0.1, 0.15) is 25.0 Å². The largest absolute Gasteiger partial charge is 0.0616 e. The van der Waals surface area contributed by atoms with Crippen LogP contribution in [-0.4, -0.2) is 0 Å². The standard InChI is InChI=1S/C47H32/c1-47(2)43-27-34(20-23-40(43)41-24-21-36(28-44(41)47)38-15-7-9-29-8-3-4-14-37(29)38)33-12-6-13-35(26-33)39-22-18-32-17-16-30-10-5-11-31-19-25-42(39)46(32)45(30)31/h3-28H,1-2H3. The van der Waals surface area contributed by atoms with Crippen LogP contribution in [-0.2, 0) is 5.41 Å². The van der Waals surface area contributed by atoms with Gasteiger partial charge in [-0.1, -0.05) is 153 Å². The highest BCUT2D eigenvalue weighted by molar-refractivity contribution is 6.25. The molecule has 10 rings (SSSR count). The van der Waals surface area contributed by atoms with Crippen molar-refractivity contribution in [1.82, 2.24) is 0 Å². The molecule has 0 nitrogen and oxygen atoms in total. The molecule has 220 valence electrons. The molecule has 9 aromatic carbocycles. The van der Waals surface area contributed by atoms with Gasteiger partial charge in [0.05, 0.1) is 0 Å². The van der Waals surface area contributed by atoms with E-state index in [4.69, 9.17) is 0 Å². The maximum atomic E-state index is 2.44. The third kappa shape index (κ3) is 3.82. The van der Waals surface area contributed by atoms with Gasteiger partial charge in [0, 0.05) is 5.41 Å². The molecule has 1 aliphatic rings. The maximum absolute atomic E-state index is 2.44. The van der Waals surface area contributed by atoms with Crippen molar-refractivity contribution in [2.24, 2.45) is 0 Å². The van der Waals surface area contributed by atoms with E-state index >= 15 is 0 Å². The Hall–Kier alpha value is -5.72. The van der Waals surface area contributed by atoms with Crippen LogP contribution in [0.2, 0.25) is 0 Å². The van der Waals surface area contributed by atoms with Crippen molar-refractivity contribution < 1.29 is 0 Å². The van der Waals surface area contributed by atoms with E-state index < -0.39 is 0 Å². The Bertz CT molecular complexity index is 2680. The van der Waals surface area contributed by atoms with Crippen molar-refractivity contribution in [1.29, 1.82) is 0 Å². The Morgan fingerprint density at radius 3 is 1.66 bits per heavy atom. The van der Waals surface area contributed by atoms with Gasteiger partial charge in [-0.25, -0.2) is 0 Å². The second-order valence-corrected chi connectivity index (χ2v) is 13.7. The Labute approximate surface area is 274 Å². The highest BCUT2D eigenvalue weighted by Gasteiger charge is 2.36. The van der Waals surface area contributed by atoms with Gasteiger partial charge >= 0.3 is 0 Å². The molecule has 9 aromatic rings. The summed E-state index contributed by atoms with van der Waals surface area (Å²) < 4.78 is 0. The summed E-state index contributed by atoms with van der Waals surface area (Å²) in [5, 5.41) is 10.5. The first-order valence-corrected chi connectivity index (χ1v) is 16.6. The quantitative estimate of drug-likeness (QED) is 0.178. The first-order chi connectivity index (χ1) is 23.0. The van der Waals surface area contributed by atoms with Crippen LogP contribution < -0.4 is 0 Å². The molecule has 1 aliphatic carbocycles. The minimum absolute atomic E-state index is 0.106. The summed E-state index contributed by atoms with van der Waals surface area (Å²) in [5.41, 5.74) is 13.0. The Morgan fingerprint density at radius 1 is 0.319 bits per heavy atom. The molecule has 0 saturated heterocycles. The fraction of sp³-hybridized carbons (Fsp3) is 0.0638. The van der Waals surface area contributed by atoms with Crippen molar-refractivity contribution in [3.8, 4) is 44.5 Å². The van der Waals surface area contributed by atoms with Crippen LogP contribution in [0, 0.1) is 0 Å². The topological polar surface area (TPSA) is 0 Å². The number of hydrogen-bond donors (Lipinski definition) is 0. The Balaban J connectivity index is 1.07. The minimum atomic E-state index is -0.106. The van der Waals surface area contributed by atoms with E-state index in [-0.39, 0.29) is 5.41 Å². The zero-order chi connectivity index (χ0) is 31.3. The molecule has 0 saturated carbocycles. The van der Waals surface area contributed by atoms with E-state index in [0.29, 0.717) is 0 Å². The third-order valence-electron chi connectivity index (χ3n) is 10.8. The second-order valence-electron chi connectivity index (χ2n) is 13.7. The van der Waals surface area contributed by atoms with Crippen LogP contribution in [0.25, 0.3) is 87.6 Å². The summed E-state index contributed by atoms with van der Waals surface area (Å²) in [6, 6.07) is 58.9. The number of fused-ring (bicyclic) bond motifs is 4. The lowest BCUT2D eigenvalue weighted by molar-refractivity contribution is 0.661. The summed E-state index contributed by atoms with van der Waals surface area (Å²) in [4.78, 5) is 0. The molecule has 0 atom stereocenters. The van der Waals surface area contributed by atoms with Crippen molar-refractivity contribution in [2.75, 3.05) is 0 Å². The molecule has 0 aliphatic heterocycles. The predicted molar refractivity (Wildman–Crippen MR) is 202 cm³/mol. The van der Waals surface area contributed by atoms with Gasteiger partial charge in [0.2, 0.25) is 0 Å². The van der Waals surface area contributed by atoms with Gasteiger partial charge in [0.15, 0.2) is 0 Å². The summed E-state index contributed by atoms with van der Waals surface area (Å²) in [6.45, 7) is 4.77. The van der Waals surface area contributed by atoms with Gasteiger partial charge in [-0.2, -0.15) is 0 Å². The van der Waals surface area contributed by atoms with Gasteiger partial charge in [0.1, 0.15) is 0 Å². The highest BCUT2D eigenvalue weighted by Crippen LogP contribution is 2.51. The molecule has 0 unspecified atom stereocenters. The predicted octanol–water partition coefficient (Wildman–Crippen LogP) is 13.0. The normalized spacial score (nSPS) is 13.5. The molecular formula is C47H32. The highest BCUT2D eigenvalue weighted by atomic mass is 14.4. The maximum Gasteiger partial charge on any atom is 0.0159 e. The monoisotopic (exact) mass is 596 g/mol. The van der Waals surface area contributed by atoms with Crippen molar-refractivity contribution in [3.05, 3.63) is 169 Å². The molecule has 0 aromatic heterocycles. The lowest BCUT2D eigenvalue weighted by Gasteiger charge is -2.23. The summed E-state index contributed by atoms with van der Waals surface area (Å²) >= 11 is 0. The van der Waals surface area contributed by atoms with Gasteiger partial charge in [0.25, 0.3) is 0 Å². The second kappa shape index (κ2) is 9.64. The Morgan fingerprint density at radius 2 is 0.830 bits per heavy atom. The van der Waals surface area contributed by atoms with Gasteiger partial charge in [-0.3, -0.25) is 0 Å². The lowest BCUT2D eigenvalue weighted by atomic mass is 9.80. The first kappa shape index (κ1) is 26.5. The van der Waals surface area contributed by atoms with Crippen LogP contribution in [0.3, 0.4) is 0 Å². The lowest BCUT2D eigenvalue weighted by Crippen LogP contribution is -2.15. The molecule has 0 bridgehead atoms. The van der Waals surface area contributed by atoms with E-state index in [2.05, 4.69) is 172 Å². The summed E-state index contributed by atoms with van der Waals surface area (Å²) in [6.07, 6.45) is 0. The zero-order valence-corrected chi connectivity index (χ0v) is 26.5. The molecule has 0 spiro atoms. The number of hydrogen-bond acceptors (Lipinski definition) is 0. The molecule has 0 radical (unpaired) electrons. The average molecular weight is 597 g/mol. The molecule has 0 N–H and O–H groups in total. The fourth-order valence-electron chi connectivity index (χ4n) is 8.42. The molecule has 0 fully saturated rings. The van der Waals surface area contributed by atoms with Gasteiger partial charge in [-0.05, 0) is 117 Å². The summed E-state index contributed by atoms with van der Waals surface area (Å²) in [7, 11) is 0. The third-order valence-corrected chi connectivity index (χ3v) is 10.8. The van der Waals surface area contributed by atoms with E-state index in [1.165, 1.54) is 98.7 Å². The SMILES string of the molecule is CC1(C)c2cc(-c3cccc(-c4ccc5ccc6cccc7ccc4c5c67)c3)ccc2-c2ccc(-c3cccc4ccccc34)cc21. The van der Waals surface area contributed by atoms with E-state index in [1.807, 2.05) is 0 Å². The van der Waals surface area contributed by atoms with E-state index in [9.17, 15) is 0 Å². The van der Waals surface area contributed by atoms with Crippen LogP contribution in [0.15, 0.2) is 158 Å². The smallest absolute Gasteiger partial charge is 0.0159 e. The average Bonchev–Trinajstić information content (AvgIpc) is 3.35. The molecule has 0 amide bonds. The molecule has 47 heavy (non-hydrogen) atoms. The number of benzene rings is 9. The Kier molecular flexibility index (Phi) is 5.44. The minimum Gasteiger partial charge on any atom is -0.0616 e. The van der Waals surface area contributed by atoms with Crippen molar-refractivity contribution in [2.45, 2.75) is 19.3 Å². The van der Waals surface area contributed by atoms with Crippen LogP contribution >= 0.6 is 0 Å². The van der Waals surface area contributed by atoms with Crippen LogP contribution in [0.4, 0.5) is 0 Å². The van der Waals surface area contributed by atoms with Gasteiger partial charge < -0.3 is 0 Å².